The monoisotopic (exact) mass is 281 g/mol. The molecule has 0 aromatic heterocycles. The maximum atomic E-state index is 13.2. The molecule has 1 N–H and O–H groups in total. The number of aromatic carboxylic acids is 1. The van der Waals surface area contributed by atoms with Crippen LogP contribution in [0.4, 0.5) is 14.5 Å². The highest BCUT2D eigenvalue weighted by Gasteiger charge is 2.28. The van der Waals surface area contributed by atoms with E-state index in [4.69, 9.17) is 5.11 Å². The van der Waals surface area contributed by atoms with Crippen molar-refractivity contribution in [2.45, 2.75) is 0 Å². The average Bonchev–Trinajstić information content (AvgIpc) is 2.10. The molecule has 0 spiro atoms. The smallest absolute Gasteiger partial charge is 0.339 e. The van der Waals surface area contributed by atoms with Crippen molar-refractivity contribution in [2.24, 2.45) is 0 Å². The number of hydrogen-bond donors (Lipinski definition) is 1. The molecule has 1 rings (SSSR count). The van der Waals surface area contributed by atoms with E-state index in [9.17, 15) is 23.7 Å². The predicted molar refractivity (Wildman–Crippen MR) is 47.7 cm³/mol. The molecule has 0 bridgehead atoms. The Hall–Kier alpha value is -1.57. The summed E-state index contributed by atoms with van der Waals surface area (Å²) in [5.74, 6) is -4.57. The highest BCUT2D eigenvalue weighted by molar-refractivity contribution is 9.10. The number of nitro benzene ring substituents is 1. The molecule has 0 atom stereocenters. The number of hydrogen-bond acceptors (Lipinski definition) is 3. The molecular weight excluding hydrogens is 280 g/mol. The molecule has 80 valence electrons. The van der Waals surface area contributed by atoms with Crippen LogP contribution in [-0.2, 0) is 0 Å². The molecule has 0 heterocycles. The van der Waals surface area contributed by atoms with Crippen molar-refractivity contribution in [3.05, 3.63) is 37.9 Å². The molecule has 0 radical (unpaired) electrons. The first kappa shape index (κ1) is 11.5. The largest absolute Gasteiger partial charge is 0.478 e. The Balaban J connectivity index is 3.63. The van der Waals surface area contributed by atoms with Gasteiger partial charge in [0.15, 0.2) is 0 Å². The molecule has 0 aliphatic heterocycles. The third-order valence-electron chi connectivity index (χ3n) is 1.55. The second-order valence-electron chi connectivity index (χ2n) is 2.44. The minimum atomic E-state index is -1.78. The van der Waals surface area contributed by atoms with E-state index in [1.54, 1.807) is 0 Å². The molecule has 1 aromatic carbocycles. The van der Waals surface area contributed by atoms with Crippen molar-refractivity contribution in [1.82, 2.24) is 0 Å². The number of carbonyl (C=O) groups is 1. The first-order valence-corrected chi connectivity index (χ1v) is 4.20. The lowest BCUT2D eigenvalue weighted by Crippen LogP contribution is -2.06. The second-order valence-corrected chi connectivity index (χ2v) is 3.24. The van der Waals surface area contributed by atoms with Gasteiger partial charge < -0.3 is 5.11 Å². The molecule has 15 heavy (non-hydrogen) atoms. The third-order valence-corrected chi connectivity index (χ3v) is 2.30. The fraction of sp³-hybridized carbons (Fsp3) is 0. The van der Waals surface area contributed by atoms with E-state index in [-0.39, 0.29) is 0 Å². The summed E-state index contributed by atoms with van der Waals surface area (Å²) in [6.07, 6.45) is 0. The van der Waals surface area contributed by atoms with Gasteiger partial charge in [-0.05, 0) is 22.0 Å². The average molecular weight is 282 g/mol. The standard InChI is InChI=1S/C7H2BrF2NO4/c8-4-3(9)1-2(7(12)13)5(10)6(4)11(14)15/h1H,(H,12,13). The van der Waals surface area contributed by atoms with Gasteiger partial charge in [-0.25, -0.2) is 9.18 Å². The van der Waals surface area contributed by atoms with Gasteiger partial charge in [0.2, 0.25) is 5.82 Å². The van der Waals surface area contributed by atoms with Crippen LogP contribution in [-0.4, -0.2) is 16.0 Å². The van der Waals surface area contributed by atoms with Crippen LogP contribution in [0, 0.1) is 21.7 Å². The zero-order chi connectivity index (χ0) is 11.7. The van der Waals surface area contributed by atoms with Crippen LogP contribution in [0.5, 0.6) is 0 Å². The van der Waals surface area contributed by atoms with Crippen LogP contribution in [0.15, 0.2) is 10.5 Å². The highest BCUT2D eigenvalue weighted by Crippen LogP contribution is 2.32. The molecule has 0 aliphatic carbocycles. The third kappa shape index (κ3) is 1.94. The minimum absolute atomic E-state index is 0.370. The summed E-state index contributed by atoms with van der Waals surface area (Å²) in [5, 5.41) is 18.8. The maximum absolute atomic E-state index is 13.2. The van der Waals surface area contributed by atoms with E-state index in [0.29, 0.717) is 6.07 Å². The lowest BCUT2D eigenvalue weighted by molar-refractivity contribution is -0.388. The summed E-state index contributed by atoms with van der Waals surface area (Å²) in [7, 11) is 0. The van der Waals surface area contributed by atoms with Crippen LogP contribution < -0.4 is 0 Å². The Morgan fingerprint density at radius 2 is 2.07 bits per heavy atom. The van der Waals surface area contributed by atoms with E-state index in [1.165, 1.54) is 0 Å². The predicted octanol–water partition coefficient (Wildman–Crippen LogP) is 2.33. The van der Waals surface area contributed by atoms with E-state index >= 15 is 0 Å². The zero-order valence-electron chi connectivity index (χ0n) is 6.83. The van der Waals surface area contributed by atoms with Crippen molar-refractivity contribution < 1.29 is 23.6 Å². The molecule has 0 fully saturated rings. The Labute approximate surface area is 89.6 Å². The molecular formula is C7H2BrF2NO4. The van der Waals surface area contributed by atoms with Crippen molar-refractivity contribution in [3.63, 3.8) is 0 Å². The van der Waals surface area contributed by atoms with Gasteiger partial charge >= 0.3 is 11.7 Å². The number of nitrogens with zero attached hydrogens (tertiary/aromatic N) is 1. The fourth-order valence-electron chi connectivity index (χ4n) is 0.906. The van der Waals surface area contributed by atoms with Crippen LogP contribution in [0.2, 0.25) is 0 Å². The van der Waals surface area contributed by atoms with E-state index < -0.39 is 38.3 Å². The number of halogens is 3. The van der Waals surface area contributed by atoms with Gasteiger partial charge in [-0.1, -0.05) is 0 Å². The first-order chi connectivity index (χ1) is 6.86. The first-order valence-electron chi connectivity index (χ1n) is 3.41. The molecule has 0 saturated carbocycles. The van der Waals surface area contributed by atoms with Crippen LogP contribution in [0.1, 0.15) is 10.4 Å². The molecule has 0 aliphatic rings. The van der Waals surface area contributed by atoms with Gasteiger partial charge in [-0.2, -0.15) is 4.39 Å². The normalized spacial score (nSPS) is 10.1. The van der Waals surface area contributed by atoms with Gasteiger partial charge in [-0.3, -0.25) is 10.1 Å². The number of carboxylic acids is 1. The number of rotatable bonds is 2. The van der Waals surface area contributed by atoms with Crippen LogP contribution in [0.25, 0.3) is 0 Å². The van der Waals surface area contributed by atoms with Gasteiger partial charge in [0.25, 0.3) is 0 Å². The zero-order valence-corrected chi connectivity index (χ0v) is 8.42. The minimum Gasteiger partial charge on any atom is -0.478 e. The fourth-order valence-corrected chi connectivity index (χ4v) is 1.34. The molecule has 8 heteroatoms. The Kier molecular flexibility index (Phi) is 2.98. The van der Waals surface area contributed by atoms with Crippen LogP contribution in [0.3, 0.4) is 0 Å². The summed E-state index contributed by atoms with van der Waals surface area (Å²) in [4.78, 5) is 19.6. The maximum Gasteiger partial charge on any atom is 0.339 e. The van der Waals surface area contributed by atoms with Gasteiger partial charge in [0.1, 0.15) is 15.9 Å². The van der Waals surface area contributed by atoms with Crippen molar-refractivity contribution in [3.8, 4) is 0 Å². The molecule has 0 unspecified atom stereocenters. The summed E-state index contributed by atoms with van der Waals surface area (Å²) >= 11 is 2.47. The lowest BCUT2D eigenvalue weighted by atomic mass is 10.2. The number of benzene rings is 1. The summed E-state index contributed by atoms with van der Waals surface area (Å²) in [6, 6.07) is 0.370. The van der Waals surface area contributed by atoms with Crippen LogP contribution >= 0.6 is 15.9 Å². The van der Waals surface area contributed by atoms with Crippen molar-refractivity contribution >= 4 is 27.6 Å². The lowest BCUT2D eigenvalue weighted by Gasteiger charge is -2.02. The number of nitro groups is 1. The van der Waals surface area contributed by atoms with Gasteiger partial charge in [0.05, 0.1) is 4.92 Å². The van der Waals surface area contributed by atoms with E-state index in [1.807, 2.05) is 0 Å². The number of carboxylic acid groups (broad SMARTS) is 1. The Morgan fingerprint density at radius 1 is 1.53 bits per heavy atom. The SMILES string of the molecule is O=C(O)c1cc(F)c(Br)c([N+](=O)[O-])c1F. The van der Waals surface area contributed by atoms with Gasteiger partial charge in [-0.15, -0.1) is 0 Å². The molecule has 0 saturated heterocycles. The highest BCUT2D eigenvalue weighted by atomic mass is 79.9. The van der Waals surface area contributed by atoms with Crippen molar-refractivity contribution in [2.75, 3.05) is 0 Å². The Morgan fingerprint density at radius 3 is 2.47 bits per heavy atom. The summed E-state index contributed by atoms with van der Waals surface area (Å²) in [6.45, 7) is 0. The molecule has 0 amide bonds. The summed E-state index contributed by atoms with van der Waals surface area (Å²) < 4.78 is 25.4. The van der Waals surface area contributed by atoms with E-state index in [2.05, 4.69) is 15.9 Å². The quantitative estimate of drug-likeness (QED) is 0.513. The molecule has 1 aromatic rings. The Bertz CT molecular complexity index is 463. The van der Waals surface area contributed by atoms with Crippen molar-refractivity contribution in [1.29, 1.82) is 0 Å². The van der Waals surface area contributed by atoms with E-state index in [0.717, 1.165) is 0 Å². The topological polar surface area (TPSA) is 80.4 Å². The van der Waals surface area contributed by atoms with Gasteiger partial charge in [0, 0.05) is 0 Å². The second kappa shape index (κ2) is 3.89. The molecule has 5 nitrogen and oxygen atoms in total. The summed E-state index contributed by atoms with van der Waals surface area (Å²) in [5.41, 5.74) is -2.31.